The molecule has 82 valence electrons. The second-order valence-corrected chi connectivity index (χ2v) is 4.71. The van der Waals surface area contributed by atoms with E-state index in [0.29, 0.717) is 12.6 Å². The minimum Gasteiger partial charge on any atom is -0.395 e. The van der Waals surface area contributed by atoms with Crippen LogP contribution in [0.1, 0.15) is 25.7 Å². The zero-order valence-electron chi connectivity index (χ0n) is 8.84. The van der Waals surface area contributed by atoms with Crippen LogP contribution in [0, 0.1) is 11.8 Å². The van der Waals surface area contributed by atoms with Gasteiger partial charge in [0.2, 0.25) is 0 Å². The maximum atomic E-state index is 9.13. The van der Waals surface area contributed by atoms with Gasteiger partial charge in [-0.05, 0) is 57.2 Å². The predicted molar refractivity (Wildman–Crippen MR) is 57.2 cm³/mol. The number of rotatable bonds is 2. The van der Waals surface area contributed by atoms with E-state index in [9.17, 15) is 0 Å². The molecule has 2 saturated heterocycles. The molecular formula is C11H22N2O. The Morgan fingerprint density at radius 3 is 2.43 bits per heavy atom. The molecule has 3 heteroatoms. The van der Waals surface area contributed by atoms with E-state index in [-0.39, 0.29) is 0 Å². The Kier molecular flexibility index (Phi) is 3.79. The molecule has 2 unspecified atom stereocenters. The van der Waals surface area contributed by atoms with Gasteiger partial charge < -0.3 is 15.7 Å². The molecule has 3 N–H and O–H groups in total. The van der Waals surface area contributed by atoms with Crippen LogP contribution in [0.4, 0.5) is 0 Å². The third-order valence-corrected chi connectivity index (χ3v) is 3.81. The van der Waals surface area contributed by atoms with Gasteiger partial charge >= 0.3 is 0 Å². The highest BCUT2D eigenvalue weighted by atomic mass is 16.3. The molecular weight excluding hydrogens is 176 g/mol. The van der Waals surface area contributed by atoms with E-state index >= 15 is 0 Å². The molecule has 0 spiro atoms. The summed E-state index contributed by atoms with van der Waals surface area (Å²) < 4.78 is 0. The van der Waals surface area contributed by atoms with Crippen LogP contribution in [0.3, 0.4) is 0 Å². The van der Waals surface area contributed by atoms with Crippen LogP contribution < -0.4 is 10.6 Å². The maximum Gasteiger partial charge on any atom is 0.0584 e. The number of hydrogen-bond acceptors (Lipinski definition) is 3. The minimum atomic E-state index is 0.307. The molecule has 2 heterocycles. The van der Waals surface area contributed by atoms with E-state index < -0.39 is 0 Å². The van der Waals surface area contributed by atoms with Crippen LogP contribution in [0.15, 0.2) is 0 Å². The summed E-state index contributed by atoms with van der Waals surface area (Å²) in [5, 5.41) is 15.9. The summed E-state index contributed by atoms with van der Waals surface area (Å²) in [5.74, 6) is 1.77. The number of piperidine rings is 2. The number of aliphatic hydroxyl groups is 1. The molecule has 3 nitrogen and oxygen atoms in total. The zero-order chi connectivity index (χ0) is 9.80. The fourth-order valence-corrected chi connectivity index (χ4v) is 2.92. The van der Waals surface area contributed by atoms with Gasteiger partial charge in [-0.2, -0.15) is 0 Å². The molecule has 0 aromatic carbocycles. The highest BCUT2D eigenvalue weighted by Crippen LogP contribution is 2.30. The summed E-state index contributed by atoms with van der Waals surface area (Å²) in [6.07, 6.45) is 5.16. The van der Waals surface area contributed by atoms with Crippen molar-refractivity contribution in [1.29, 1.82) is 0 Å². The van der Waals surface area contributed by atoms with E-state index in [0.717, 1.165) is 18.4 Å². The fraction of sp³-hybridized carbons (Fsp3) is 1.00. The van der Waals surface area contributed by atoms with Crippen molar-refractivity contribution >= 4 is 0 Å². The fourth-order valence-electron chi connectivity index (χ4n) is 2.92. The van der Waals surface area contributed by atoms with Gasteiger partial charge in [-0.3, -0.25) is 0 Å². The molecule has 0 aromatic rings. The maximum absolute atomic E-state index is 9.13. The van der Waals surface area contributed by atoms with Crippen molar-refractivity contribution in [2.45, 2.75) is 31.7 Å². The Balaban J connectivity index is 1.83. The topological polar surface area (TPSA) is 44.3 Å². The Morgan fingerprint density at radius 2 is 1.71 bits per heavy atom. The zero-order valence-corrected chi connectivity index (χ0v) is 8.84. The SMILES string of the molecule is OCC1CC(C2CCNCC2)CCN1. The molecule has 2 aliphatic heterocycles. The number of nitrogens with one attached hydrogen (secondary N) is 2. The van der Waals surface area contributed by atoms with Crippen molar-refractivity contribution in [1.82, 2.24) is 10.6 Å². The normalized spacial score (nSPS) is 35.8. The number of aliphatic hydroxyl groups excluding tert-OH is 1. The van der Waals surface area contributed by atoms with Crippen LogP contribution in [0.25, 0.3) is 0 Å². The summed E-state index contributed by atoms with van der Waals surface area (Å²) in [6, 6.07) is 0.364. The molecule has 0 aliphatic carbocycles. The van der Waals surface area contributed by atoms with Crippen molar-refractivity contribution in [2.75, 3.05) is 26.2 Å². The average Bonchev–Trinajstić information content (AvgIpc) is 2.30. The van der Waals surface area contributed by atoms with Gasteiger partial charge in [0.25, 0.3) is 0 Å². The summed E-state index contributed by atoms with van der Waals surface area (Å²) in [7, 11) is 0. The lowest BCUT2D eigenvalue weighted by molar-refractivity contribution is 0.145. The molecule has 0 saturated carbocycles. The number of hydrogen-bond donors (Lipinski definition) is 3. The van der Waals surface area contributed by atoms with Crippen molar-refractivity contribution < 1.29 is 5.11 Å². The molecule has 14 heavy (non-hydrogen) atoms. The first-order valence-electron chi connectivity index (χ1n) is 5.95. The highest BCUT2D eigenvalue weighted by molar-refractivity contribution is 4.84. The summed E-state index contributed by atoms with van der Waals surface area (Å²) in [4.78, 5) is 0. The molecule has 0 radical (unpaired) electrons. The standard InChI is InChI=1S/C11H22N2O/c14-8-11-7-10(3-6-13-11)9-1-4-12-5-2-9/h9-14H,1-8H2. The first-order valence-corrected chi connectivity index (χ1v) is 5.95. The second-order valence-electron chi connectivity index (χ2n) is 4.71. The summed E-state index contributed by atoms with van der Waals surface area (Å²) >= 11 is 0. The first kappa shape index (κ1) is 10.4. The van der Waals surface area contributed by atoms with Gasteiger partial charge in [0.15, 0.2) is 0 Å². The van der Waals surface area contributed by atoms with Crippen LogP contribution in [-0.4, -0.2) is 37.4 Å². The quantitative estimate of drug-likeness (QED) is 0.600. The molecule has 0 bridgehead atoms. The Bertz CT molecular complexity index is 169. The first-order chi connectivity index (χ1) is 6.90. The van der Waals surface area contributed by atoms with Gasteiger partial charge in [-0.1, -0.05) is 0 Å². The van der Waals surface area contributed by atoms with Crippen LogP contribution >= 0.6 is 0 Å². The van der Waals surface area contributed by atoms with E-state index in [4.69, 9.17) is 5.11 Å². The smallest absolute Gasteiger partial charge is 0.0584 e. The van der Waals surface area contributed by atoms with Crippen molar-refractivity contribution in [3.63, 3.8) is 0 Å². The van der Waals surface area contributed by atoms with Crippen LogP contribution in [0.5, 0.6) is 0 Å². The van der Waals surface area contributed by atoms with E-state index in [2.05, 4.69) is 10.6 Å². The highest BCUT2D eigenvalue weighted by Gasteiger charge is 2.28. The van der Waals surface area contributed by atoms with Crippen LogP contribution in [-0.2, 0) is 0 Å². The van der Waals surface area contributed by atoms with Crippen molar-refractivity contribution in [3.05, 3.63) is 0 Å². The Labute approximate surface area is 86.3 Å². The molecule has 2 fully saturated rings. The molecule has 0 aromatic heterocycles. The second kappa shape index (κ2) is 5.10. The lowest BCUT2D eigenvalue weighted by atomic mass is 9.77. The monoisotopic (exact) mass is 198 g/mol. The van der Waals surface area contributed by atoms with Gasteiger partial charge in [0.05, 0.1) is 6.61 Å². The average molecular weight is 198 g/mol. The van der Waals surface area contributed by atoms with E-state index in [1.807, 2.05) is 0 Å². The Morgan fingerprint density at radius 1 is 1.00 bits per heavy atom. The summed E-state index contributed by atoms with van der Waals surface area (Å²) in [6.45, 7) is 3.79. The van der Waals surface area contributed by atoms with E-state index in [1.165, 1.54) is 38.8 Å². The molecule has 0 amide bonds. The molecule has 2 rings (SSSR count). The van der Waals surface area contributed by atoms with Gasteiger partial charge in [0.1, 0.15) is 0 Å². The van der Waals surface area contributed by atoms with Gasteiger partial charge in [-0.15, -0.1) is 0 Å². The summed E-state index contributed by atoms with van der Waals surface area (Å²) in [5.41, 5.74) is 0. The van der Waals surface area contributed by atoms with Gasteiger partial charge in [-0.25, -0.2) is 0 Å². The van der Waals surface area contributed by atoms with Crippen LogP contribution in [0.2, 0.25) is 0 Å². The van der Waals surface area contributed by atoms with Crippen molar-refractivity contribution in [3.8, 4) is 0 Å². The lowest BCUT2D eigenvalue weighted by Crippen LogP contribution is -2.44. The minimum absolute atomic E-state index is 0.307. The van der Waals surface area contributed by atoms with E-state index in [1.54, 1.807) is 0 Å². The molecule has 2 atom stereocenters. The molecule has 2 aliphatic rings. The third-order valence-electron chi connectivity index (χ3n) is 3.81. The lowest BCUT2D eigenvalue weighted by Gasteiger charge is -2.36. The van der Waals surface area contributed by atoms with Crippen molar-refractivity contribution in [2.24, 2.45) is 11.8 Å². The predicted octanol–water partition coefficient (Wildman–Crippen LogP) is 0.346. The van der Waals surface area contributed by atoms with Gasteiger partial charge in [0, 0.05) is 6.04 Å². The third kappa shape index (κ3) is 2.47. The largest absolute Gasteiger partial charge is 0.395 e. The Hall–Kier alpha value is -0.120.